The van der Waals surface area contributed by atoms with E-state index in [2.05, 4.69) is 20.5 Å². The van der Waals surface area contributed by atoms with Gasteiger partial charge in [-0.05, 0) is 49.6 Å². The van der Waals surface area contributed by atoms with E-state index in [4.69, 9.17) is 33.0 Å². The number of carbonyl (C=O) groups is 1. The zero-order chi connectivity index (χ0) is 21.1. The van der Waals surface area contributed by atoms with Gasteiger partial charge in [-0.25, -0.2) is 4.57 Å². The Balaban J connectivity index is 1.57. The number of benzene rings is 2. The van der Waals surface area contributed by atoms with Crippen LogP contribution in [0.25, 0.3) is 0 Å². The predicted octanol–water partition coefficient (Wildman–Crippen LogP) is 5.43. The van der Waals surface area contributed by atoms with Gasteiger partial charge >= 0.3 is 5.82 Å². The summed E-state index contributed by atoms with van der Waals surface area (Å²) in [5, 5.41) is 5.76. The second-order valence-corrected chi connectivity index (χ2v) is 9.01. The molecule has 0 radical (unpaired) electrons. The van der Waals surface area contributed by atoms with Gasteiger partial charge in [0, 0.05) is 26.6 Å². The van der Waals surface area contributed by atoms with E-state index in [0.29, 0.717) is 21.4 Å². The fourth-order valence-corrected chi connectivity index (χ4v) is 4.35. The molecule has 30 heavy (non-hydrogen) atoms. The van der Waals surface area contributed by atoms with Crippen LogP contribution in [-0.4, -0.2) is 15.6 Å². The average Bonchev–Trinajstić information content (AvgIpc) is 2.89. The minimum absolute atomic E-state index is 0.0332. The summed E-state index contributed by atoms with van der Waals surface area (Å²) in [4.78, 5) is 12.8. The van der Waals surface area contributed by atoms with Crippen molar-refractivity contribution in [3.63, 3.8) is 0 Å². The highest BCUT2D eigenvalue weighted by Gasteiger charge is 2.29. The van der Waals surface area contributed by atoms with E-state index in [9.17, 15) is 4.79 Å². The Hall–Kier alpha value is -1.89. The molecule has 0 saturated heterocycles. The molecule has 5 nitrogen and oxygen atoms in total. The Morgan fingerprint density at radius 2 is 1.93 bits per heavy atom. The normalized spacial score (nSPS) is 13.6. The van der Waals surface area contributed by atoms with Crippen molar-refractivity contribution in [3.8, 4) is 5.75 Å². The van der Waals surface area contributed by atoms with Crippen LogP contribution in [0.4, 0.5) is 0 Å². The van der Waals surface area contributed by atoms with Crippen molar-refractivity contribution in [2.24, 2.45) is 0 Å². The fourth-order valence-electron chi connectivity index (χ4n) is 3.62. The van der Waals surface area contributed by atoms with Gasteiger partial charge in [-0.15, -0.1) is 4.68 Å². The largest absolute Gasteiger partial charge is 0.481 e. The fraction of sp³-hybridized carbons (Fsp3) is 0.318. The van der Waals surface area contributed by atoms with Crippen molar-refractivity contribution in [1.29, 1.82) is 0 Å². The van der Waals surface area contributed by atoms with Crippen LogP contribution in [-0.2, 0) is 26.1 Å². The monoisotopic (exact) mass is 508 g/mol. The average molecular weight is 510 g/mol. The Bertz CT molecular complexity index is 1070. The molecule has 0 bridgehead atoms. The maximum absolute atomic E-state index is 12.8. The molecule has 3 aromatic rings. The van der Waals surface area contributed by atoms with Crippen LogP contribution >= 0.6 is 39.1 Å². The Morgan fingerprint density at radius 3 is 2.70 bits per heavy atom. The minimum atomic E-state index is 0.0332. The lowest BCUT2D eigenvalue weighted by Crippen LogP contribution is -2.41. The third-order valence-corrected chi connectivity index (χ3v) is 6.21. The molecule has 2 heterocycles. The van der Waals surface area contributed by atoms with E-state index in [-0.39, 0.29) is 18.9 Å². The molecule has 0 spiro atoms. The van der Waals surface area contributed by atoms with Gasteiger partial charge in [0.25, 0.3) is 0 Å². The highest BCUT2D eigenvalue weighted by molar-refractivity contribution is 9.10. The van der Waals surface area contributed by atoms with E-state index in [1.807, 2.05) is 28.9 Å². The first-order chi connectivity index (χ1) is 14.5. The van der Waals surface area contributed by atoms with Gasteiger partial charge in [0.15, 0.2) is 18.9 Å². The van der Waals surface area contributed by atoms with Crippen LogP contribution < -0.4 is 9.30 Å². The molecule has 0 unspecified atom stereocenters. The Kier molecular flexibility index (Phi) is 6.76. The van der Waals surface area contributed by atoms with E-state index in [1.165, 1.54) is 0 Å². The maximum Gasteiger partial charge on any atom is 0.315 e. The summed E-state index contributed by atoms with van der Waals surface area (Å²) in [5.74, 6) is 2.45. The highest BCUT2D eigenvalue weighted by Crippen LogP contribution is 2.28. The van der Waals surface area contributed by atoms with Crippen LogP contribution in [0, 0.1) is 0 Å². The lowest BCUT2D eigenvalue weighted by molar-refractivity contribution is -0.712. The summed E-state index contributed by atoms with van der Waals surface area (Å²) in [6.45, 7) is 1.35. The number of carbonyl (C=O) groups excluding carboxylic acids is 1. The molecule has 0 fully saturated rings. The summed E-state index contributed by atoms with van der Waals surface area (Å²) in [7, 11) is 0. The number of hydrogen-bond donors (Lipinski definition) is 0. The number of halogens is 3. The molecular formula is C22H21BrCl2N3O2+. The molecule has 4 rings (SSSR count). The van der Waals surface area contributed by atoms with Crippen molar-refractivity contribution in [3.05, 3.63) is 74.2 Å². The van der Waals surface area contributed by atoms with Gasteiger partial charge in [0.1, 0.15) is 5.75 Å². The zero-order valence-corrected chi connectivity index (χ0v) is 19.4. The van der Waals surface area contributed by atoms with Crippen LogP contribution in [0.15, 0.2) is 46.9 Å². The first-order valence-electron chi connectivity index (χ1n) is 9.86. The molecule has 0 N–H and O–H groups in total. The predicted molar refractivity (Wildman–Crippen MR) is 119 cm³/mol. The van der Waals surface area contributed by atoms with E-state index >= 15 is 0 Å². The molecule has 0 amide bonds. The van der Waals surface area contributed by atoms with Crippen LogP contribution in [0.5, 0.6) is 5.75 Å². The van der Waals surface area contributed by atoms with Crippen LogP contribution in [0.3, 0.4) is 0 Å². The van der Waals surface area contributed by atoms with Crippen molar-refractivity contribution in [1.82, 2.24) is 9.78 Å². The summed E-state index contributed by atoms with van der Waals surface area (Å²) >= 11 is 15.6. The van der Waals surface area contributed by atoms with Gasteiger partial charge in [-0.3, -0.25) is 4.79 Å². The number of rotatable bonds is 6. The second kappa shape index (κ2) is 9.50. The summed E-state index contributed by atoms with van der Waals surface area (Å²) in [6.07, 6.45) is 4.22. The van der Waals surface area contributed by atoms with E-state index in [0.717, 1.165) is 48.3 Å². The third kappa shape index (κ3) is 4.88. The smallest absolute Gasteiger partial charge is 0.315 e. The number of ether oxygens (including phenoxy) is 1. The quantitative estimate of drug-likeness (QED) is 0.329. The summed E-state index contributed by atoms with van der Waals surface area (Å²) in [6, 6.07) is 12.6. The van der Waals surface area contributed by atoms with Gasteiger partial charge in [0.05, 0.1) is 11.6 Å². The second-order valence-electron chi connectivity index (χ2n) is 7.25. The van der Waals surface area contributed by atoms with Gasteiger partial charge in [-0.2, -0.15) is 0 Å². The number of Topliss-reactive ketones (excluding diaryl/α,β-unsaturated/α-hetero) is 1. The first-order valence-corrected chi connectivity index (χ1v) is 11.4. The number of fused-ring (bicyclic) bond motifs is 1. The molecule has 0 atom stereocenters. The van der Waals surface area contributed by atoms with Crippen molar-refractivity contribution < 1.29 is 14.1 Å². The standard InChI is InChI=1S/C22H21BrCl2N3O2/c23-16-7-5-15(6-8-16)19(29)13-28-22-4-2-1-3-11-27(22)21(26-28)14-30-20-10-9-17(24)12-18(20)25/h5-10,12H,1-4,11,13-14H2/q+1. The molecule has 0 saturated carbocycles. The molecule has 1 aliphatic heterocycles. The molecule has 0 aliphatic carbocycles. The van der Waals surface area contributed by atoms with Gasteiger partial charge < -0.3 is 4.74 Å². The van der Waals surface area contributed by atoms with E-state index in [1.54, 1.807) is 18.2 Å². The topological polar surface area (TPSA) is 48.0 Å². The molecule has 2 aromatic carbocycles. The number of aromatic nitrogens is 3. The first kappa shape index (κ1) is 21.3. The maximum atomic E-state index is 12.8. The Morgan fingerprint density at radius 1 is 1.13 bits per heavy atom. The highest BCUT2D eigenvalue weighted by atomic mass is 79.9. The zero-order valence-electron chi connectivity index (χ0n) is 16.3. The van der Waals surface area contributed by atoms with Gasteiger partial charge in [-0.1, -0.05) is 51.3 Å². The summed E-state index contributed by atoms with van der Waals surface area (Å²) in [5.41, 5.74) is 0.673. The van der Waals surface area contributed by atoms with Crippen molar-refractivity contribution in [2.45, 2.75) is 45.4 Å². The molecule has 1 aromatic heterocycles. The number of ketones is 1. The van der Waals surface area contributed by atoms with Crippen molar-refractivity contribution >= 4 is 44.9 Å². The lowest BCUT2D eigenvalue weighted by atomic mass is 10.1. The van der Waals surface area contributed by atoms with E-state index < -0.39 is 0 Å². The van der Waals surface area contributed by atoms with Crippen molar-refractivity contribution in [2.75, 3.05) is 0 Å². The third-order valence-electron chi connectivity index (χ3n) is 5.15. The van der Waals surface area contributed by atoms with Crippen LogP contribution in [0.1, 0.15) is 41.3 Å². The molecular weight excluding hydrogens is 489 g/mol. The molecule has 1 aliphatic rings. The number of nitrogens with zero attached hydrogens (tertiary/aromatic N) is 3. The summed E-state index contributed by atoms with van der Waals surface area (Å²) < 4.78 is 10.9. The van der Waals surface area contributed by atoms with Gasteiger partial charge in [0.2, 0.25) is 5.82 Å². The Labute approximate surface area is 193 Å². The van der Waals surface area contributed by atoms with Crippen LogP contribution in [0.2, 0.25) is 10.0 Å². The molecule has 8 heteroatoms. The lowest BCUT2D eigenvalue weighted by Gasteiger charge is -2.06. The SMILES string of the molecule is O=C(Cn1nc(COc2ccc(Cl)cc2Cl)[n+]2c1CCCCC2)c1ccc(Br)cc1. The molecule has 156 valence electrons. The number of hydrogen-bond acceptors (Lipinski definition) is 3. The minimum Gasteiger partial charge on any atom is -0.481 e.